The highest BCUT2D eigenvalue weighted by atomic mass is 35.5. The zero-order valence-electron chi connectivity index (χ0n) is 13.2. The highest BCUT2D eigenvalue weighted by Gasteiger charge is 2.34. The predicted molar refractivity (Wildman–Crippen MR) is 86.4 cm³/mol. The number of benzene rings is 2. The lowest BCUT2D eigenvalue weighted by Gasteiger charge is -2.12. The van der Waals surface area contributed by atoms with Crippen LogP contribution in [0.1, 0.15) is 11.1 Å². The van der Waals surface area contributed by atoms with Crippen LogP contribution in [0.2, 0.25) is 5.02 Å². The molecule has 0 atom stereocenters. The molecule has 0 aliphatic carbocycles. The Labute approximate surface area is 152 Å². The number of carbonyl (C=O) groups is 1. The van der Waals surface area contributed by atoms with Crippen LogP contribution in [0.3, 0.4) is 0 Å². The van der Waals surface area contributed by atoms with Crippen LogP contribution in [-0.2, 0) is 32.2 Å². The molecule has 0 heterocycles. The maximum Gasteiger partial charge on any atom is 0.417 e. The maximum atomic E-state index is 12.9. The first-order chi connectivity index (χ1) is 12.0. The summed E-state index contributed by atoms with van der Waals surface area (Å²) in [5.74, 6) is -0.603. The molecule has 0 aliphatic rings. The molecule has 0 unspecified atom stereocenters. The van der Waals surface area contributed by atoms with Gasteiger partial charge in [-0.05, 0) is 35.9 Å². The molecule has 26 heavy (non-hydrogen) atoms. The number of hydrogen-bond acceptors (Lipinski definition) is 5. The van der Waals surface area contributed by atoms with E-state index in [2.05, 4.69) is 4.74 Å². The summed E-state index contributed by atoms with van der Waals surface area (Å²) < 4.78 is 72.3. The van der Waals surface area contributed by atoms with E-state index >= 15 is 0 Å². The minimum Gasteiger partial charge on any atom is -0.469 e. The van der Waals surface area contributed by atoms with Crippen molar-refractivity contribution in [1.82, 2.24) is 0 Å². The first-order valence-electron chi connectivity index (χ1n) is 7.00. The van der Waals surface area contributed by atoms with Crippen molar-refractivity contribution in [2.45, 2.75) is 17.5 Å². The monoisotopic (exact) mass is 408 g/mol. The van der Waals surface area contributed by atoms with Crippen molar-refractivity contribution in [2.24, 2.45) is 0 Å². The first kappa shape index (κ1) is 20.1. The van der Waals surface area contributed by atoms with Crippen LogP contribution in [0.25, 0.3) is 0 Å². The second-order valence-corrected chi connectivity index (χ2v) is 7.03. The van der Waals surface area contributed by atoms with Crippen molar-refractivity contribution < 1.29 is 35.3 Å². The molecule has 2 rings (SSSR count). The van der Waals surface area contributed by atoms with Gasteiger partial charge in [-0.1, -0.05) is 23.7 Å². The standard InChI is InChI=1S/C16H12ClF3O5S/c1-24-15(21)8-10-2-4-11(5-3-10)25-26(22,23)12-6-7-14(17)13(9-12)16(18,19)20/h2-7,9H,8H2,1H3. The SMILES string of the molecule is COC(=O)Cc1ccc(OS(=O)(=O)c2ccc(Cl)c(C(F)(F)F)c2)cc1. The summed E-state index contributed by atoms with van der Waals surface area (Å²) in [6.45, 7) is 0. The van der Waals surface area contributed by atoms with E-state index in [4.69, 9.17) is 15.8 Å². The normalized spacial score (nSPS) is 11.9. The quantitative estimate of drug-likeness (QED) is 0.555. The molecule has 2 aromatic carbocycles. The summed E-state index contributed by atoms with van der Waals surface area (Å²) in [5, 5.41) is -0.622. The minimum absolute atomic E-state index is 0.0182. The fourth-order valence-electron chi connectivity index (χ4n) is 1.95. The average molecular weight is 409 g/mol. The molecule has 5 nitrogen and oxygen atoms in total. The largest absolute Gasteiger partial charge is 0.469 e. The summed E-state index contributed by atoms with van der Waals surface area (Å²) in [4.78, 5) is 10.5. The third-order valence-corrected chi connectivity index (χ3v) is 4.81. The summed E-state index contributed by atoms with van der Waals surface area (Å²) in [6.07, 6.45) is -4.83. The lowest BCUT2D eigenvalue weighted by molar-refractivity contribution is -0.140. The van der Waals surface area contributed by atoms with Gasteiger partial charge in [-0.15, -0.1) is 0 Å². The Morgan fingerprint density at radius 1 is 1.12 bits per heavy atom. The summed E-state index contributed by atoms with van der Waals surface area (Å²) >= 11 is 5.47. The van der Waals surface area contributed by atoms with Gasteiger partial charge in [-0.3, -0.25) is 4.79 Å². The molecule has 0 saturated heterocycles. The van der Waals surface area contributed by atoms with Crippen molar-refractivity contribution in [3.05, 3.63) is 58.6 Å². The predicted octanol–water partition coefficient (Wildman–Crippen LogP) is 3.84. The summed E-state index contributed by atoms with van der Waals surface area (Å²) in [5.41, 5.74) is -0.732. The molecule has 0 spiro atoms. The van der Waals surface area contributed by atoms with Gasteiger partial charge in [-0.25, -0.2) is 0 Å². The van der Waals surface area contributed by atoms with E-state index in [0.717, 1.165) is 12.1 Å². The molecular formula is C16H12ClF3O5S. The van der Waals surface area contributed by atoms with Gasteiger partial charge in [0.05, 0.1) is 24.1 Å². The first-order valence-corrected chi connectivity index (χ1v) is 8.78. The molecule has 140 valence electrons. The third kappa shape index (κ3) is 4.89. The highest BCUT2D eigenvalue weighted by Crippen LogP contribution is 2.36. The topological polar surface area (TPSA) is 69.7 Å². The summed E-state index contributed by atoms with van der Waals surface area (Å²) in [6, 6.07) is 7.57. The van der Waals surface area contributed by atoms with Crippen molar-refractivity contribution in [3.63, 3.8) is 0 Å². The molecule has 0 radical (unpaired) electrons. The number of hydrogen-bond donors (Lipinski definition) is 0. The lowest BCUT2D eigenvalue weighted by atomic mass is 10.1. The lowest BCUT2D eigenvalue weighted by Crippen LogP contribution is -2.13. The van der Waals surface area contributed by atoms with Gasteiger partial charge in [0.15, 0.2) is 0 Å². The summed E-state index contributed by atoms with van der Waals surface area (Å²) in [7, 11) is -3.27. The van der Waals surface area contributed by atoms with Gasteiger partial charge >= 0.3 is 22.3 Å². The minimum atomic E-state index is -4.81. The van der Waals surface area contributed by atoms with Crippen molar-refractivity contribution in [1.29, 1.82) is 0 Å². The van der Waals surface area contributed by atoms with Crippen LogP contribution in [0.4, 0.5) is 13.2 Å². The molecule has 0 fully saturated rings. The molecule has 2 aromatic rings. The van der Waals surface area contributed by atoms with E-state index in [0.29, 0.717) is 11.6 Å². The number of alkyl halides is 3. The second kappa shape index (κ2) is 7.55. The molecule has 0 N–H and O–H groups in total. The highest BCUT2D eigenvalue weighted by molar-refractivity contribution is 7.87. The Morgan fingerprint density at radius 3 is 2.27 bits per heavy atom. The van der Waals surface area contributed by atoms with Gasteiger partial charge in [0, 0.05) is 0 Å². The van der Waals surface area contributed by atoms with Crippen LogP contribution in [0.15, 0.2) is 47.4 Å². The second-order valence-electron chi connectivity index (χ2n) is 5.07. The van der Waals surface area contributed by atoms with Crippen LogP contribution in [0, 0.1) is 0 Å². The van der Waals surface area contributed by atoms with Crippen LogP contribution >= 0.6 is 11.6 Å². The smallest absolute Gasteiger partial charge is 0.417 e. The molecule has 10 heteroatoms. The Bertz CT molecular complexity index is 908. The van der Waals surface area contributed by atoms with E-state index in [9.17, 15) is 26.4 Å². The fourth-order valence-corrected chi connectivity index (χ4v) is 3.14. The molecular weight excluding hydrogens is 397 g/mol. The number of halogens is 4. The number of ether oxygens (including phenoxy) is 1. The van der Waals surface area contributed by atoms with E-state index in [-0.39, 0.29) is 12.2 Å². The van der Waals surface area contributed by atoms with Gasteiger partial charge in [-0.2, -0.15) is 21.6 Å². The Kier molecular flexibility index (Phi) is 5.82. The van der Waals surface area contributed by atoms with Gasteiger partial charge in [0.2, 0.25) is 0 Å². The van der Waals surface area contributed by atoms with Crippen molar-refractivity contribution in [2.75, 3.05) is 7.11 Å². The average Bonchev–Trinajstić information content (AvgIpc) is 2.55. The molecule has 0 aliphatic heterocycles. The van der Waals surface area contributed by atoms with Crippen LogP contribution in [0.5, 0.6) is 5.75 Å². The third-order valence-electron chi connectivity index (χ3n) is 3.24. The van der Waals surface area contributed by atoms with Crippen LogP contribution in [-0.4, -0.2) is 21.5 Å². The molecule has 0 saturated carbocycles. The molecule has 0 aromatic heterocycles. The van der Waals surface area contributed by atoms with E-state index < -0.39 is 37.7 Å². The van der Waals surface area contributed by atoms with Gasteiger partial charge < -0.3 is 8.92 Å². The number of carbonyl (C=O) groups excluding carboxylic acids is 1. The Hall–Kier alpha value is -2.26. The van der Waals surface area contributed by atoms with Crippen molar-refractivity contribution in [3.8, 4) is 5.75 Å². The van der Waals surface area contributed by atoms with Gasteiger partial charge in [0.1, 0.15) is 10.6 Å². The Morgan fingerprint density at radius 2 is 1.73 bits per heavy atom. The maximum absolute atomic E-state index is 12.9. The van der Waals surface area contributed by atoms with E-state index in [1.807, 2.05) is 0 Å². The fraction of sp³-hybridized carbons (Fsp3) is 0.188. The zero-order chi connectivity index (χ0) is 19.5. The molecule has 0 bridgehead atoms. The van der Waals surface area contributed by atoms with Crippen LogP contribution < -0.4 is 4.18 Å². The van der Waals surface area contributed by atoms with Gasteiger partial charge in [0.25, 0.3) is 0 Å². The van der Waals surface area contributed by atoms with E-state index in [1.165, 1.54) is 31.4 Å². The Balaban J connectivity index is 2.25. The number of esters is 1. The van der Waals surface area contributed by atoms with E-state index in [1.54, 1.807) is 0 Å². The number of rotatable bonds is 5. The van der Waals surface area contributed by atoms with Crippen molar-refractivity contribution >= 4 is 27.7 Å². The molecule has 0 amide bonds. The zero-order valence-corrected chi connectivity index (χ0v) is 14.8. The number of methoxy groups -OCH3 is 1.